The van der Waals surface area contributed by atoms with Crippen molar-refractivity contribution in [2.45, 2.75) is 341 Å². The van der Waals surface area contributed by atoms with Crippen LogP contribution in [-0.2, 0) is 28.6 Å². The monoisotopic (exact) mass is 1140 g/mol. The third kappa shape index (κ3) is 66.9. The summed E-state index contributed by atoms with van der Waals surface area (Å²) in [6.45, 7) is 6.54. The quantitative estimate of drug-likeness (QED) is 0.0261. The van der Waals surface area contributed by atoms with E-state index in [1.54, 1.807) is 0 Å². The van der Waals surface area contributed by atoms with Crippen molar-refractivity contribution in [3.63, 3.8) is 0 Å². The van der Waals surface area contributed by atoms with E-state index in [-0.39, 0.29) is 31.1 Å². The second kappa shape index (κ2) is 69.6. The SMILES string of the molecule is CC/C=C\C/C=C\C/C=C\C/C=C\C/C=C\C/C=C\CCCCCCCCCCCCC(=O)OCC(COC(=O)CCCCCCCCCCCCCCCC)OC(=O)CCCCCCCC/C=C\C/C=C\C/C=C\CCCCCCC. The molecule has 470 valence electrons. The first-order valence-electron chi connectivity index (χ1n) is 34.9. The van der Waals surface area contributed by atoms with Crippen molar-refractivity contribution in [3.8, 4) is 0 Å². The molecule has 0 fully saturated rings. The van der Waals surface area contributed by atoms with Crippen LogP contribution in [0.1, 0.15) is 335 Å². The van der Waals surface area contributed by atoms with E-state index in [4.69, 9.17) is 14.2 Å². The lowest BCUT2D eigenvalue weighted by Gasteiger charge is -2.18. The van der Waals surface area contributed by atoms with Gasteiger partial charge in [0.2, 0.25) is 0 Å². The lowest BCUT2D eigenvalue weighted by atomic mass is 10.0. The summed E-state index contributed by atoms with van der Waals surface area (Å²) in [5.41, 5.74) is 0. The van der Waals surface area contributed by atoms with Crippen LogP contribution in [0.2, 0.25) is 0 Å². The van der Waals surface area contributed by atoms with E-state index in [0.29, 0.717) is 19.3 Å². The fourth-order valence-electron chi connectivity index (χ4n) is 9.81. The molecule has 82 heavy (non-hydrogen) atoms. The second-order valence-electron chi connectivity index (χ2n) is 23.1. The Morgan fingerprint density at radius 2 is 0.476 bits per heavy atom. The van der Waals surface area contributed by atoms with Crippen LogP contribution >= 0.6 is 0 Å². The molecule has 0 aliphatic rings. The Morgan fingerprint density at radius 1 is 0.256 bits per heavy atom. The predicted molar refractivity (Wildman–Crippen MR) is 357 cm³/mol. The Bertz CT molecular complexity index is 1640. The molecule has 0 amide bonds. The van der Waals surface area contributed by atoms with Gasteiger partial charge in [-0.25, -0.2) is 0 Å². The van der Waals surface area contributed by atoms with Crippen LogP contribution in [0.25, 0.3) is 0 Å². The third-order valence-electron chi connectivity index (χ3n) is 15.0. The lowest BCUT2D eigenvalue weighted by molar-refractivity contribution is -0.167. The van der Waals surface area contributed by atoms with E-state index in [2.05, 4.69) is 130 Å². The van der Waals surface area contributed by atoms with Gasteiger partial charge in [0.05, 0.1) is 0 Å². The van der Waals surface area contributed by atoms with Gasteiger partial charge in [-0.1, -0.05) is 316 Å². The molecule has 0 bridgehead atoms. The first-order valence-corrected chi connectivity index (χ1v) is 34.9. The number of allylic oxidation sites excluding steroid dienone is 18. The van der Waals surface area contributed by atoms with Crippen LogP contribution in [-0.4, -0.2) is 37.2 Å². The molecule has 0 aliphatic carbocycles. The summed E-state index contributed by atoms with van der Waals surface area (Å²) in [5, 5.41) is 0. The molecule has 0 saturated carbocycles. The number of ether oxygens (including phenoxy) is 3. The van der Waals surface area contributed by atoms with E-state index in [0.717, 1.165) is 122 Å². The zero-order valence-corrected chi connectivity index (χ0v) is 54.0. The van der Waals surface area contributed by atoms with Crippen LogP contribution in [0, 0.1) is 0 Å². The molecule has 0 spiro atoms. The minimum absolute atomic E-state index is 0.0820. The van der Waals surface area contributed by atoms with Gasteiger partial charge in [0.25, 0.3) is 0 Å². The number of rotatable bonds is 63. The van der Waals surface area contributed by atoms with Gasteiger partial charge < -0.3 is 14.2 Å². The highest BCUT2D eigenvalue weighted by Gasteiger charge is 2.19. The molecular weight excluding hydrogens is 1010 g/mol. The summed E-state index contributed by atoms with van der Waals surface area (Å²) >= 11 is 0. The molecule has 0 aliphatic heterocycles. The molecule has 1 unspecified atom stereocenters. The molecular formula is C76H130O6. The maximum atomic E-state index is 12.9. The van der Waals surface area contributed by atoms with Crippen LogP contribution in [0.15, 0.2) is 109 Å². The molecule has 0 radical (unpaired) electrons. The predicted octanol–water partition coefficient (Wildman–Crippen LogP) is 24.2. The second-order valence-corrected chi connectivity index (χ2v) is 23.1. The van der Waals surface area contributed by atoms with Crippen molar-refractivity contribution in [2.75, 3.05) is 13.2 Å². The van der Waals surface area contributed by atoms with Gasteiger partial charge in [-0.3, -0.25) is 14.4 Å². The fourth-order valence-corrected chi connectivity index (χ4v) is 9.81. The van der Waals surface area contributed by atoms with Crippen molar-refractivity contribution in [1.82, 2.24) is 0 Å². The van der Waals surface area contributed by atoms with Gasteiger partial charge in [-0.05, 0) is 109 Å². The number of hydrogen-bond donors (Lipinski definition) is 0. The normalized spacial score (nSPS) is 12.8. The first-order chi connectivity index (χ1) is 40.5. The number of carbonyl (C=O) groups excluding carboxylic acids is 3. The zero-order valence-electron chi connectivity index (χ0n) is 54.0. The summed E-state index contributed by atoms with van der Waals surface area (Å²) in [4.78, 5) is 38.4. The average Bonchev–Trinajstić information content (AvgIpc) is 3.47. The lowest BCUT2D eigenvalue weighted by Crippen LogP contribution is -2.30. The summed E-state index contributed by atoms with van der Waals surface area (Å²) in [6, 6.07) is 0. The van der Waals surface area contributed by atoms with Gasteiger partial charge in [-0.15, -0.1) is 0 Å². The van der Waals surface area contributed by atoms with Gasteiger partial charge in [-0.2, -0.15) is 0 Å². The van der Waals surface area contributed by atoms with E-state index in [1.807, 2.05) is 0 Å². The molecule has 1 atom stereocenters. The van der Waals surface area contributed by atoms with Crippen LogP contribution in [0.5, 0.6) is 0 Å². The molecule has 0 aromatic heterocycles. The Balaban J connectivity index is 4.34. The fraction of sp³-hybridized carbons (Fsp3) is 0.724. The van der Waals surface area contributed by atoms with Crippen molar-refractivity contribution in [3.05, 3.63) is 109 Å². The third-order valence-corrected chi connectivity index (χ3v) is 15.0. The number of hydrogen-bond acceptors (Lipinski definition) is 6. The minimum atomic E-state index is -0.788. The molecule has 0 heterocycles. The number of unbranched alkanes of at least 4 members (excludes halogenated alkanes) is 34. The zero-order chi connectivity index (χ0) is 59.2. The Hall–Kier alpha value is -3.93. The molecule has 6 heteroatoms. The first kappa shape index (κ1) is 78.1. The Labute approximate surface area is 508 Å². The van der Waals surface area contributed by atoms with Crippen LogP contribution in [0.3, 0.4) is 0 Å². The molecule has 0 N–H and O–H groups in total. The van der Waals surface area contributed by atoms with Crippen molar-refractivity contribution in [2.24, 2.45) is 0 Å². The largest absolute Gasteiger partial charge is 0.462 e. The molecule has 6 nitrogen and oxygen atoms in total. The van der Waals surface area contributed by atoms with E-state index in [9.17, 15) is 14.4 Å². The Morgan fingerprint density at radius 3 is 0.744 bits per heavy atom. The molecule has 0 aromatic rings. The van der Waals surface area contributed by atoms with Crippen molar-refractivity contribution >= 4 is 17.9 Å². The maximum Gasteiger partial charge on any atom is 0.306 e. The summed E-state index contributed by atoms with van der Waals surface area (Å²) in [7, 11) is 0. The van der Waals surface area contributed by atoms with Gasteiger partial charge in [0.15, 0.2) is 6.10 Å². The maximum absolute atomic E-state index is 12.9. The van der Waals surface area contributed by atoms with Gasteiger partial charge >= 0.3 is 17.9 Å². The van der Waals surface area contributed by atoms with Crippen LogP contribution in [0.4, 0.5) is 0 Å². The van der Waals surface area contributed by atoms with E-state index in [1.165, 1.54) is 173 Å². The summed E-state index contributed by atoms with van der Waals surface area (Å²) in [6.07, 6.45) is 95.3. The topological polar surface area (TPSA) is 78.9 Å². The highest BCUT2D eigenvalue weighted by molar-refractivity contribution is 5.71. The van der Waals surface area contributed by atoms with Gasteiger partial charge in [0.1, 0.15) is 13.2 Å². The number of carbonyl (C=O) groups is 3. The van der Waals surface area contributed by atoms with E-state index >= 15 is 0 Å². The van der Waals surface area contributed by atoms with Crippen molar-refractivity contribution in [1.29, 1.82) is 0 Å². The average molecular weight is 1140 g/mol. The van der Waals surface area contributed by atoms with E-state index < -0.39 is 6.10 Å². The highest BCUT2D eigenvalue weighted by Crippen LogP contribution is 2.17. The molecule has 0 aromatic carbocycles. The van der Waals surface area contributed by atoms with Crippen molar-refractivity contribution < 1.29 is 28.6 Å². The van der Waals surface area contributed by atoms with Gasteiger partial charge in [0, 0.05) is 19.3 Å². The molecule has 0 saturated heterocycles. The standard InChI is InChI=1S/C76H130O6/c1-4-7-10-13-16-19-22-25-28-30-32-34-35-36-37-38-39-40-41-43-44-46-48-51-54-57-60-63-66-69-75(78)81-72-73(71-80-74(77)68-65-62-59-56-53-50-27-24-21-18-15-12-9-6-3)82-76(79)70-67-64-61-58-55-52-49-47-45-42-33-31-29-26-23-20-17-14-11-8-5-2/h7,10,16,19,23,25-26,28,31-34,36-37,39-40,45,47,73H,4-6,8-9,11-15,17-18,20-22,24,27,29-30,35,38,41-44,46,48-72H2,1-3H3/b10-7-,19-16-,26-23-,28-25-,33-31-,34-32-,37-36-,40-39-,47-45-. The molecule has 0 rings (SSSR count). The van der Waals surface area contributed by atoms with Crippen LogP contribution < -0.4 is 0 Å². The highest BCUT2D eigenvalue weighted by atomic mass is 16.6. The minimum Gasteiger partial charge on any atom is -0.462 e. The summed E-state index contributed by atoms with van der Waals surface area (Å²) in [5.74, 6) is -0.886. The Kier molecular flexibility index (Phi) is 66.2. The number of esters is 3. The smallest absolute Gasteiger partial charge is 0.306 e. The summed E-state index contributed by atoms with van der Waals surface area (Å²) < 4.78 is 17.0.